The number of pyridine rings is 1. The first kappa shape index (κ1) is 13.8. The highest BCUT2D eigenvalue weighted by Gasteiger charge is 2.21. The van der Waals surface area contributed by atoms with Crippen molar-refractivity contribution in [2.24, 2.45) is 0 Å². The minimum Gasteiger partial charge on any atom is -0.460 e. The van der Waals surface area contributed by atoms with Crippen LogP contribution in [-0.4, -0.2) is 10.1 Å². The number of nitrogens with zero attached hydrogens (tertiary/aromatic N) is 1. The minimum absolute atomic E-state index is 0.121. The Morgan fingerprint density at radius 1 is 1.10 bits per heavy atom. The molecule has 21 heavy (non-hydrogen) atoms. The zero-order valence-electron chi connectivity index (χ0n) is 12.5. The summed E-state index contributed by atoms with van der Waals surface area (Å²) < 4.78 is 5.61. The summed E-state index contributed by atoms with van der Waals surface area (Å²) in [6.07, 6.45) is 4.37. The molecule has 0 saturated carbocycles. The van der Waals surface area contributed by atoms with Gasteiger partial charge in [0.2, 0.25) is 6.29 Å². The largest absolute Gasteiger partial charge is 0.460 e. The van der Waals surface area contributed by atoms with Crippen molar-refractivity contribution in [1.29, 1.82) is 0 Å². The van der Waals surface area contributed by atoms with Gasteiger partial charge >= 0.3 is 0 Å². The average Bonchev–Trinajstić information content (AvgIpc) is 2.46. The monoisotopic (exact) mass is 281 g/mol. The highest BCUT2D eigenvalue weighted by atomic mass is 16.6. The molecule has 1 unspecified atom stereocenters. The molecule has 1 atom stereocenters. The van der Waals surface area contributed by atoms with Crippen molar-refractivity contribution in [3.8, 4) is 0 Å². The third-order valence-electron chi connectivity index (χ3n) is 3.71. The number of fused-ring (bicyclic) bond motifs is 1. The number of hydrogen-bond donors (Lipinski definition) is 1. The van der Waals surface area contributed by atoms with Crippen LogP contribution in [0.25, 0.3) is 11.8 Å². The van der Waals surface area contributed by atoms with Crippen molar-refractivity contribution < 1.29 is 9.84 Å². The number of ether oxygens (including phenoxy) is 1. The number of aliphatic hydroxyl groups excluding tert-OH is 1. The molecule has 0 bridgehead atoms. The second kappa shape index (κ2) is 5.01. The van der Waals surface area contributed by atoms with Gasteiger partial charge in [0.05, 0.1) is 0 Å². The van der Waals surface area contributed by atoms with Gasteiger partial charge in [-0.15, -0.1) is 0 Å². The van der Waals surface area contributed by atoms with Crippen LogP contribution in [0.5, 0.6) is 0 Å². The van der Waals surface area contributed by atoms with E-state index in [2.05, 4.69) is 37.9 Å². The van der Waals surface area contributed by atoms with Crippen molar-refractivity contribution in [2.75, 3.05) is 0 Å². The highest BCUT2D eigenvalue weighted by molar-refractivity contribution is 5.80. The first-order valence-electron chi connectivity index (χ1n) is 7.06. The molecule has 1 aliphatic rings. The Morgan fingerprint density at radius 3 is 2.48 bits per heavy atom. The Labute approximate surface area is 124 Å². The van der Waals surface area contributed by atoms with Gasteiger partial charge in [-0.25, -0.2) is 0 Å². The van der Waals surface area contributed by atoms with E-state index >= 15 is 0 Å². The van der Waals surface area contributed by atoms with Crippen LogP contribution >= 0.6 is 0 Å². The molecular weight excluding hydrogens is 262 g/mol. The summed E-state index contributed by atoms with van der Waals surface area (Å²) in [5, 5.41) is 10.1. The van der Waals surface area contributed by atoms with Crippen molar-refractivity contribution in [3.05, 3.63) is 65.0 Å². The average molecular weight is 281 g/mol. The lowest BCUT2D eigenvalue weighted by molar-refractivity contribution is -0.0430. The van der Waals surface area contributed by atoms with Crippen LogP contribution < -0.4 is 0 Å². The summed E-state index contributed by atoms with van der Waals surface area (Å²) in [7, 11) is 0. The summed E-state index contributed by atoms with van der Waals surface area (Å²) in [5.41, 5.74) is 3.99. The Morgan fingerprint density at radius 2 is 1.81 bits per heavy atom. The molecule has 108 valence electrons. The molecule has 3 nitrogen and oxygen atoms in total. The quantitative estimate of drug-likeness (QED) is 0.862. The number of hydrogen-bond acceptors (Lipinski definition) is 3. The second-order valence-electron chi connectivity index (χ2n) is 6.31. The molecule has 1 N–H and O–H groups in total. The Hall–Kier alpha value is -2.13. The molecule has 1 aliphatic heterocycles. The van der Waals surface area contributed by atoms with Crippen LogP contribution in [0.15, 0.2) is 42.7 Å². The SMILES string of the molecule is CC(C)(C)c1ccc(C2=Cc3cnccc3C(O)O2)cc1. The molecule has 3 rings (SSSR count). The van der Waals surface area contributed by atoms with Crippen molar-refractivity contribution in [3.63, 3.8) is 0 Å². The maximum absolute atomic E-state index is 10.1. The number of aliphatic hydroxyl groups is 1. The van der Waals surface area contributed by atoms with Crippen molar-refractivity contribution >= 4 is 11.8 Å². The fourth-order valence-electron chi connectivity index (χ4n) is 2.41. The summed E-state index contributed by atoms with van der Waals surface area (Å²) in [6, 6.07) is 10.0. The lowest BCUT2D eigenvalue weighted by Crippen LogP contribution is -2.12. The number of aromatic nitrogens is 1. The molecule has 0 saturated heterocycles. The van der Waals surface area contributed by atoms with Gasteiger partial charge in [0.25, 0.3) is 0 Å². The molecule has 1 aromatic carbocycles. The van der Waals surface area contributed by atoms with Crippen LogP contribution in [0.1, 0.15) is 49.3 Å². The number of benzene rings is 1. The first-order valence-corrected chi connectivity index (χ1v) is 7.06. The molecular formula is C18H19NO2. The predicted molar refractivity (Wildman–Crippen MR) is 83.3 cm³/mol. The Balaban J connectivity index is 1.97. The molecule has 2 heterocycles. The fourth-order valence-corrected chi connectivity index (χ4v) is 2.41. The van der Waals surface area contributed by atoms with Crippen molar-refractivity contribution in [2.45, 2.75) is 32.5 Å². The first-order chi connectivity index (χ1) is 9.95. The Bertz CT molecular complexity index is 681. The summed E-state index contributed by atoms with van der Waals surface area (Å²) in [5.74, 6) is 0.670. The molecule has 0 spiro atoms. The molecule has 0 radical (unpaired) electrons. The molecule has 1 aromatic heterocycles. The van der Waals surface area contributed by atoms with Gasteiger partial charge < -0.3 is 9.84 Å². The molecule has 3 heteroatoms. The maximum atomic E-state index is 10.1. The summed E-state index contributed by atoms with van der Waals surface area (Å²) in [4.78, 5) is 4.10. The second-order valence-corrected chi connectivity index (χ2v) is 6.31. The maximum Gasteiger partial charge on any atom is 0.225 e. The van der Waals surface area contributed by atoms with E-state index in [0.717, 1.165) is 16.7 Å². The van der Waals surface area contributed by atoms with E-state index in [4.69, 9.17) is 4.74 Å². The van der Waals surface area contributed by atoms with Crippen molar-refractivity contribution in [1.82, 2.24) is 4.98 Å². The third-order valence-corrected chi connectivity index (χ3v) is 3.71. The topological polar surface area (TPSA) is 42.4 Å². The van der Waals surface area contributed by atoms with Gasteiger partial charge in [-0.05, 0) is 23.1 Å². The fraction of sp³-hybridized carbons (Fsp3) is 0.278. The van der Waals surface area contributed by atoms with E-state index in [9.17, 15) is 5.11 Å². The van der Waals surface area contributed by atoms with Crippen LogP contribution in [0.3, 0.4) is 0 Å². The van der Waals surface area contributed by atoms with Crippen LogP contribution in [0, 0.1) is 0 Å². The Kier molecular flexibility index (Phi) is 3.30. The van der Waals surface area contributed by atoms with Crippen LogP contribution in [0.4, 0.5) is 0 Å². The molecule has 0 aliphatic carbocycles. The lowest BCUT2D eigenvalue weighted by Gasteiger charge is -2.24. The summed E-state index contributed by atoms with van der Waals surface area (Å²) >= 11 is 0. The van der Waals surface area contributed by atoms with E-state index in [1.807, 2.05) is 18.2 Å². The van der Waals surface area contributed by atoms with E-state index < -0.39 is 6.29 Å². The van der Waals surface area contributed by atoms with E-state index in [0.29, 0.717) is 5.76 Å². The predicted octanol–water partition coefficient (Wildman–Crippen LogP) is 3.90. The zero-order chi connectivity index (χ0) is 15.0. The van der Waals surface area contributed by atoms with Gasteiger partial charge in [0, 0.05) is 29.1 Å². The van der Waals surface area contributed by atoms with Gasteiger partial charge in [-0.1, -0.05) is 45.0 Å². The van der Waals surface area contributed by atoms with Gasteiger partial charge in [0.1, 0.15) is 5.76 Å². The van der Waals surface area contributed by atoms with Gasteiger partial charge in [0.15, 0.2) is 0 Å². The standard InChI is InChI=1S/C18H19NO2/c1-18(2,3)14-6-4-12(5-7-14)16-10-13-11-19-9-8-15(13)17(20)21-16/h4-11,17,20H,1-3H3. The highest BCUT2D eigenvalue weighted by Crippen LogP contribution is 2.34. The molecule has 2 aromatic rings. The lowest BCUT2D eigenvalue weighted by atomic mass is 9.86. The van der Waals surface area contributed by atoms with E-state index in [-0.39, 0.29) is 5.41 Å². The van der Waals surface area contributed by atoms with Crippen LogP contribution in [0.2, 0.25) is 0 Å². The normalized spacial score (nSPS) is 17.7. The molecule has 0 fully saturated rings. The zero-order valence-corrected chi connectivity index (χ0v) is 12.5. The van der Waals surface area contributed by atoms with E-state index in [1.165, 1.54) is 5.56 Å². The smallest absolute Gasteiger partial charge is 0.225 e. The van der Waals surface area contributed by atoms with Gasteiger partial charge in [-0.3, -0.25) is 4.98 Å². The minimum atomic E-state index is -0.940. The number of rotatable bonds is 1. The summed E-state index contributed by atoms with van der Waals surface area (Å²) in [6.45, 7) is 6.55. The van der Waals surface area contributed by atoms with Crippen LogP contribution in [-0.2, 0) is 10.2 Å². The third kappa shape index (κ3) is 2.69. The van der Waals surface area contributed by atoms with E-state index in [1.54, 1.807) is 18.5 Å². The van der Waals surface area contributed by atoms with Gasteiger partial charge in [-0.2, -0.15) is 0 Å². The molecule has 0 amide bonds.